The van der Waals surface area contributed by atoms with Gasteiger partial charge in [0, 0.05) is 19.4 Å². The summed E-state index contributed by atoms with van der Waals surface area (Å²) >= 11 is 0. The molecule has 0 bridgehead atoms. The molecule has 0 saturated carbocycles. The monoisotopic (exact) mass is 795 g/mol. The lowest BCUT2D eigenvalue weighted by Crippen LogP contribution is -2.57. The first-order valence-corrected chi connectivity index (χ1v) is 17.6. The number of likely N-dealkylation sites (tertiary alicyclic amines) is 1. The number of halogens is 3. The fourth-order valence-electron chi connectivity index (χ4n) is 5.49. The summed E-state index contributed by atoms with van der Waals surface area (Å²) in [6, 6.07) is 9.83. The molecule has 1 aliphatic rings. The molecule has 3 rings (SSSR count). The number of nitrogens with one attached hydrogen (secondary N) is 4. The van der Waals surface area contributed by atoms with E-state index in [2.05, 4.69) is 21.3 Å². The van der Waals surface area contributed by atoms with Gasteiger partial charge >= 0.3 is 18.1 Å². The van der Waals surface area contributed by atoms with Crippen molar-refractivity contribution >= 4 is 41.5 Å². The van der Waals surface area contributed by atoms with Gasteiger partial charge in [-0.15, -0.1) is 0 Å². The summed E-state index contributed by atoms with van der Waals surface area (Å²) in [6.07, 6.45) is -2.85. The van der Waals surface area contributed by atoms with Crippen LogP contribution in [0.1, 0.15) is 50.2 Å². The summed E-state index contributed by atoms with van der Waals surface area (Å²) in [5.41, 5.74) is 12.7. The van der Waals surface area contributed by atoms with Gasteiger partial charge in [-0.05, 0) is 68.8 Å². The van der Waals surface area contributed by atoms with Gasteiger partial charge < -0.3 is 53.0 Å². The third kappa shape index (κ3) is 15.9. The van der Waals surface area contributed by atoms with Crippen molar-refractivity contribution in [3.8, 4) is 5.75 Å². The molecule has 1 aliphatic heterocycles. The molecule has 0 aromatic heterocycles. The first kappa shape index (κ1) is 46.4. The Balaban J connectivity index is 0.00000141. The van der Waals surface area contributed by atoms with Crippen LogP contribution < -0.4 is 32.7 Å². The maximum absolute atomic E-state index is 13.7. The summed E-state index contributed by atoms with van der Waals surface area (Å²) in [5.74, 6) is -6.93. The highest BCUT2D eigenvalue weighted by Crippen LogP contribution is 2.21. The second-order valence-electron chi connectivity index (χ2n) is 12.9. The molecule has 1 fully saturated rings. The highest BCUT2D eigenvalue weighted by Gasteiger charge is 2.39. The van der Waals surface area contributed by atoms with E-state index >= 15 is 0 Å². The number of benzene rings is 2. The molecule has 5 amide bonds. The number of nitrogens with zero attached hydrogens (tertiary/aromatic N) is 1. The number of carboxylic acid groups (broad SMARTS) is 2. The second kappa shape index (κ2) is 22.6. The Bertz CT molecular complexity index is 1650. The number of phenolic OH excluding ortho intramolecular Hbond substituents is 1. The minimum Gasteiger partial charge on any atom is -0.508 e. The van der Waals surface area contributed by atoms with Gasteiger partial charge in [0.05, 0.1) is 12.6 Å². The summed E-state index contributed by atoms with van der Waals surface area (Å²) in [6.45, 7) is 1.60. The van der Waals surface area contributed by atoms with Crippen LogP contribution in [0.3, 0.4) is 0 Å². The van der Waals surface area contributed by atoms with Gasteiger partial charge in [-0.2, -0.15) is 13.2 Å². The maximum atomic E-state index is 13.7. The standard InChI is InChI=1S/C34H47N7O8.C2HF3O2/c1-21(36)30(44)39-26(18-23-12-14-24(42)15-13-23)33(47)41-17-7-11-28(41)32(46)37-20-29(43)38-25(10-5-6-16-35)31(45)40-27(34(48)49)19-22-8-3-2-4-9-22;3-2(4,5)1(6)7/h2-4,8-9,12-15,21,25-28,42H,5-7,10-11,16-20,35-36H2,1H3,(H,37,46)(H,38,43)(H,39,44)(H,40,45)(H,48,49);(H,6,7)/t21-,25-,26-,27-,28-;/m0./s1. The van der Waals surface area contributed by atoms with Crippen LogP contribution in [0.4, 0.5) is 13.2 Å². The number of aliphatic carboxylic acids is 2. The van der Waals surface area contributed by atoms with E-state index in [0.29, 0.717) is 43.4 Å². The van der Waals surface area contributed by atoms with Crippen molar-refractivity contribution in [3.63, 3.8) is 0 Å². The van der Waals surface area contributed by atoms with Crippen molar-refractivity contribution in [3.05, 3.63) is 65.7 Å². The number of carbonyl (C=O) groups excluding carboxylic acids is 5. The predicted octanol–water partition coefficient (Wildman–Crippen LogP) is -0.0669. The molecule has 2 aromatic rings. The van der Waals surface area contributed by atoms with Crippen molar-refractivity contribution in [1.82, 2.24) is 26.2 Å². The molecule has 56 heavy (non-hydrogen) atoms. The summed E-state index contributed by atoms with van der Waals surface area (Å²) in [5, 5.41) is 36.8. The van der Waals surface area contributed by atoms with Crippen LogP contribution >= 0.6 is 0 Å². The van der Waals surface area contributed by atoms with Crippen LogP contribution in [-0.2, 0) is 46.4 Å². The van der Waals surface area contributed by atoms with E-state index in [4.69, 9.17) is 21.4 Å². The van der Waals surface area contributed by atoms with Gasteiger partial charge in [-0.1, -0.05) is 42.5 Å². The molecule has 17 nitrogen and oxygen atoms in total. The van der Waals surface area contributed by atoms with Gasteiger partial charge in [-0.25, -0.2) is 9.59 Å². The minimum atomic E-state index is -5.08. The van der Waals surface area contributed by atoms with Crippen molar-refractivity contribution < 1.29 is 62.1 Å². The number of alkyl halides is 3. The highest BCUT2D eigenvalue weighted by atomic mass is 19.4. The minimum absolute atomic E-state index is 0.0431. The SMILES string of the molecule is C[C@H](N)C(=O)N[C@@H](Cc1ccc(O)cc1)C(=O)N1CCC[C@H]1C(=O)NCC(=O)N[C@@H](CCCCN)C(=O)N[C@@H](Cc1ccccc1)C(=O)O.O=C(O)C(F)(F)F. The van der Waals surface area contributed by atoms with Crippen LogP contribution in [0.2, 0.25) is 0 Å². The lowest BCUT2D eigenvalue weighted by atomic mass is 10.0. The number of hydrogen-bond acceptors (Lipinski definition) is 10. The lowest BCUT2D eigenvalue weighted by Gasteiger charge is -2.29. The Morgan fingerprint density at radius 2 is 1.41 bits per heavy atom. The van der Waals surface area contributed by atoms with Gasteiger partial charge in [0.15, 0.2) is 0 Å². The molecular formula is C36H48F3N7O10. The molecule has 308 valence electrons. The Hall–Kier alpha value is -5.76. The van der Waals surface area contributed by atoms with Crippen LogP contribution in [-0.4, -0.2) is 118 Å². The molecule has 1 saturated heterocycles. The molecule has 11 N–H and O–H groups in total. The Labute approximate surface area is 320 Å². The van der Waals surface area contributed by atoms with Crippen LogP contribution in [0.5, 0.6) is 5.75 Å². The van der Waals surface area contributed by atoms with Gasteiger partial charge in [0.25, 0.3) is 0 Å². The van der Waals surface area contributed by atoms with E-state index in [9.17, 15) is 52.2 Å². The fourth-order valence-corrected chi connectivity index (χ4v) is 5.49. The first-order chi connectivity index (χ1) is 26.3. The summed E-state index contributed by atoms with van der Waals surface area (Å²) in [7, 11) is 0. The Morgan fingerprint density at radius 3 is 1.96 bits per heavy atom. The van der Waals surface area contributed by atoms with Crippen LogP contribution in [0.15, 0.2) is 54.6 Å². The van der Waals surface area contributed by atoms with Crippen molar-refractivity contribution in [2.45, 2.75) is 88.3 Å². The molecular weight excluding hydrogens is 747 g/mol. The number of hydrogen-bond donors (Lipinski definition) is 9. The highest BCUT2D eigenvalue weighted by molar-refractivity contribution is 5.95. The Morgan fingerprint density at radius 1 is 0.839 bits per heavy atom. The van der Waals surface area contributed by atoms with E-state index in [1.807, 2.05) is 0 Å². The largest absolute Gasteiger partial charge is 0.508 e. The van der Waals surface area contributed by atoms with Crippen LogP contribution in [0, 0.1) is 0 Å². The van der Waals surface area contributed by atoms with E-state index < -0.39 is 84.4 Å². The van der Waals surface area contributed by atoms with Crippen molar-refractivity contribution in [2.75, 3.05) is 19.6 Å². The van der Waals surface area contributed by atoms with E-state index in [1.54, 1.807) is 42.5 Å². The Kier molecular flexibility index (Phi) is 18.7. The maximum Gasteiger partial charge on any atom is 0.490 e. The third-order valence-electron chi connectivity index (χ3n) is 8.40. The average molecular weight is 796 g/mol. The van der Waals surface area contributed by atoms with E-state index in [-0.39, 0.29) is 31.6 Å². The number of carboxylic acids is 2. The number of nitrogens with two attached hydrogens (primary N) is 2. The zero-order valence-electron chi connectivity index (χ0n) is 30.6. The lowest BCUT2D eigenvalue weighted by molar-refractivity contribution is -0.192. The topological polar surface area (TPSA) is 284 Å². The molecule has 2 aromatic carbocycles. The summed E-state index contributed by atoms with van der Waals surface area (Å²) in [4.78, 5) is 87.7. The first-order valence-electron chi connectivity index (χ1n) is 17.6. The van der Waals surface area contributed by atoms with Crippen molar-refractivity contribution in [2.24, 2.45) is 11.5 Å². The quantitative estimate of drug-likeness (QED) is 0.0898. The second-order valence-corrected chi connectivity index (χ2v) is 12.9. The fraction of sp³-hybridized carbons (Fsp3) is 0.472. The zero-order chi connectivity index (χ0) is 42.0. The average Bonchev–Trinajstić information content (AvgIpc) is 3.64. The smallest absolute Gasteiger partial charge is 0.490 e. The van der Waals surface area contributed by atoms with Gasteiger partial charge in [-0.3, -0.25) is 24.0 Å². The number of aromatic hydroxyl groups is 1. The molecule has 0 spiro atoms. The van der Waals surface area contributed by atoms with E-state index in [1.165, 1.54) is 24.0 Å². The molecule has 5 atom stereocenters. The number of carbonyl (C=O) groups is 7. The van der Waals surface area contributed by atoms with Crippen molar-refractivity contribution in [1.29, 1.82) is 0 Å². The van der Waals surface area contributed by atoms with Gasteiger partial charge in [0.1, 0.15) is 29.9 Å². The number of rotatable bonds is 18. The molecule has 20 heteroatoms. The third-order valence-corrected chi connectivity index (χ3v) is 8.40. The number of amides is 5. The van der Waals surface area contributed by atoms with Gasteiger partial charge in [0.2, 0.25) is 29.5 Å². The van der Waals surface area contributed by atoms with Crippen LogP contribution in [0.25, 0.3) is 0 Å². The molecule has 0 radical (unpaired) electrons. The predicted molar refractivity (Wildman–Crippen MR) is 193 cm³/mol. The normalized spacial score (nSPS) is 15.8. The zero-order valence-corrected chi connectivity index (χ0v) is 30.6. The molecule has 0 unspecified atom stereocenters. The summed E-state index contributed by atoms with van der Waals surface area (Å²) < 4.78 is 31.7. The molecule has 1 heterocycles. The number of unbranched alkanes of at least 4 members (excludes halogenated alkanes) is 1. The number of phenols is 1. The van der Waals surface area contributed by atoms with E-state index in [0.717, 1.165) is 0 Å². The molecule has 0 aliphatic carbocycles.